The van der Waals surface area contributed by atoms with Crippen molar-refractivity contribution in [3.05, 3.63) is 463 Å². The summed E-state index contributed by atoms with van der Waals surface area (Å²) in [5.41, 5.74) is 30.0. The van der Waals surface area contributed by atoms with Crippen LogP contribution in [0.1, 0.15) is 17.1 Å². The molecule has 0 atom stereocenters. The van der Waals surface area contributed by atoms with Crippen LogP contribution in [-0.2, 0) is 0 Å². The van der Waals surface area contributed by atoms with Crippen LogP contribution in [0.2, 0.25) is 10.0 Å². The number of rotatable bonds is 19. The van der Waals surface area contributed by atoms with E-state index in [9.17, 15) is 40.5 Å². The number of para-hydroxylation sites is 3. The molecule has 0 fully saturated rings. The van der Waals surface area contributed by atoms with Gasteiger partial charge in [-0.05, 0) is 146 Å². The number of hydrogen-bond donors (Lipinski definition) is 10. The second-order valence-corrected chi connectivity index (χ2v) is 39.1. The van der Waals surface area contributed by atoms with Gasteiger partial charge in [0.15, 0.2) is 0 Å². The monoisotopic (exact) mass is 2250 g/mol. The molecule has 0 saturated carbocycles. The van der Waals surface area contributed by atoms with Gasteiger partial charge >= 0.3 is 0 Å². The Morgan fingerprint density at radius 1 is 0.253 bits per heavy atom. The Bertz CT molecular complexity index is 9340. The van der Waals surface area contributed by atoms with Gasteiger partial charge in [-0.25, -0.2) is 24.9 Å². The van der Waals surface area contributed by atoms with E-state index in [4.69, 9.17) is 48.1 Å². The average molecular weight is 2250 g/mol. The molecular formula is C118H82Br2Cl2IN19O8. The largest absolute Gasteiger partial charge is 0.360 e. The molecule has 0 amide bonds. The fourth-order valence-corrected chi connectivity index (χ4v) is 20.1. The Kier molecular flexibility index (Phi) is 27.8. The van der Waals surface area contributed by atoms with Crippen molar-refractivity contribution in [3.63, 3.8) is 0 Å². The van der Waals surface area contributed by atoms with Crippen LogP contribution in [-0.4, -0.2) is 94.5 Å². The van der Waals surface area contributed by atoms with Crippen molar-refractivity contribution in [2.24, 2.45) is 0 Å². The van der Waals surface area contributed by atoms with E-state index in [0.29, 0.717) is 44.6 Å². The van der Waals surface area contributed by atoms with Gasteiger partial charge in [0.05, 0.1) is 76.6 Å². The summed E-state index contributed by atoms with van der Waals surface area (Å²) in [4.78, 5) is 102. The second-order valence-electron chi connectivity index (χ2n) is 35.2. The SMILES string of the molecule is Cc1[nH]c2ccccc2c1-c1nc(-c2cccc([N+](=O)[O-])c2)c(-c2cccc(I)c2)[nH]1.Cc1[nH]c2ccccc2c1-c1nc(-c2ccccc2)c(-c2ccc(Cl)cc2)[nH]1.Cc1[nH]c2ccccc2c1-c1nc(-c2ccccc2)c(-c2ccc([N+](=O)[O-])cc2)[nH]1.Clc1ccc(-c2[nH]c(-c3c[nH]c4ccc(Br)cc34)nc2-c2ccccc2)cc1.O=[N+]([O-])c1cccc(-c2nc(-c3c[nH]c4ccc(Br)cc34)[nH]c2-c2cccc([N+](=O)[O-])c2)c1. The van der Waals surface area contributed by atoms with E-state index in [1.54, 1.807) is 48.5 Å². The summed E-state index contributed by atoms with van der Waals surface area (Å²) < 4.78 is 3.04. The smallest absolute Gasteiger partial charge is 0.270 e. The highest BCUT2D eigenvalue weighted by Crippen LogP contribution is 2.46. The minimum Gasteiger partial charge on any atom is -0.360 e. The third kappa shape index (κ3) is 20.5. The predicted molar refractivity (Wildman–Crippen MR) is 613 cm³/mol. The number of aromatic nitrogens is 15. The number of aromatic amines is 10. The normalized spacial score (nSPS) is 11.1. The van der Waals surface area contributed by atoms with Crippen LogP contribution in [0.4, 0.5) is 22.7 Å². The van der Waals surface area contributed by atoms with Crippen LogP contribution >= 0.6 is 77.7 Å². The van der Waals surface area contributed by atoms with Crippen molar-refractivity contribution in [3.8, 4) is 170 Å². The summed E-state index contributed by atoms with van der Waals surface area (Å²) in [5, 5.41) is 51.8. The molecule has 0 saturated heterocycles. The van der Waals surface area contributed by atoms with E-state index in [0.717, 1.165) is 219 Å². The molecule has 10 aromatic heterocycles. The number of non-ortho nitro benzene ring substituents is 4. The van der Waals surface area contributed by atoms with Crippen molar-refractivity contribution < 1.29 is 19.7 Å². The number of benzene rings is 15. The molecule has 0 bridgehead atoms. The summed E-state index contributed by atoms with van der Waals surface area (Å²) in [6, 6.07) is 116. The number of aryl methyl sites for hydroxylation is 3. The van der Waals surface area contributed by atoms with Gasteiger partial charge in [0.1, 0.15) is 29.1 Å². The van der Waals surface area contributed by atoms with Crippen LogP contribution < -0.4 is 0 Å². The highest BCUT2D eigenvalue weighted by molar-refractivity contribution is 14.1. The van der Waals surface area contributed by atoms with E-state index >= 15 is 0 Å². The minimum atomic E-state index is -0.471. The van der Waals surface area contributed by atoms with Gasteiger partial charge in [0.2, 0.25) is 0 Å². The first-order chi connectivity index (χ1) is 72.9. The molecule has 0 aliphatic carbocycles. The van der Waals surface area contributed by atoms with Gasteiger partial charge in [-0.15, -0.1) is 0 Å². The molecule has 0 aliphatic rings. The van der Waals surface area contributed by atoms with Gasteiger partial charge in [0, 0.05) is 239 Å². The second kappa shape index (κ2) is 42.5. The zero-order valence-corrected chi connectivity index (χ0v) is 86.4. The lowest BCUT2D eigenvalue weighted by atomic mass is 10.0. The highest BCUT2D eigenvalue weighted by Gasteiger charge is 2.28. The third-order valence-electron chi connectivity index (χ3n) is 25.6. The Hall–Kier alpha value is -18.1. The Morgan fingerprint density at radius 2 is 0.533 bits per heavy atom. The zero-order chi connectivity index (χ0) is 103. The van der Waals surface area contributed by atoms with Gasteiger partial charge in [-0.3, -0.25) is 40.5 Å². The molecule has 10 N–H and O–H groups in total. The van der Waals surface area contributed by atoms with Gasteiger partial charge in [-0.2, -0.15) is 0 Å². The predicted octanol–water partition coefficient (Wildman–Crippen LogP) is 33.5. The Balaban J connectivity index is 0.000000110. The molecule has 732 valence electrons. The summed E-state index contributed by atoms with van der Waals surface area (Å²) in [6.45, 7) is 6.14. The lowest BCUT2D eigenvalue weighted by Gasteiger charge is -2.04. The average Bonchev–Trinajstić information content (AvgIpc) is 1.61. The molecule has 27 nitrogen and oxygen atoms in total. The van der Waals surface area contributed by atoms with Crippen molar-refractivity contribution in [2.45, 2.75) is 20.8 Å². The number of imidazole rings is 5. The molecule has 0 radical (unpaired) electrons. The first-order valence-electron chi connectivity index (χ1n) is 47.1. The summed E-state index contributed by atoms with van der Waals surface area (Å²) in [5.74, 6) is 3.71. The lowest BCUT2D eigenvalue weighted by molar-refractivity contribution is -0.385. The van der Waals surface area contributed by atoms with Crippen LogP contribution in [0, 0.1) is 64.8 Å². The lowest BCUT2D eigenvalue weighted by Crippen LogP contribution is -1.91. The number of halogens is 5. The molecule has 0 unspecified atom stereocenters. The number of nitrogens with one attached hydrogen (secondary N) is 10. The van der Waals surface area contributed by atoms with E-state index in [1.165, 1.54) is 42.5 Å². The molecule has 25 rings (SSSR count). The number of fused-ring (bicyclic) bond motifs is 5. The molecule has 15 aromatic carbocycles. The quantitative estimate of drug-likeness (QED) is 0.0205. The number of H-pyrrole nitrogens is 10. The Labute approximate surface area is 894 Å². The van der Waals surface area contributed by atoms with E-state index < -0.39 is 14.8 Å². The molecule has 25 aromatic rings. The van der Waals surface area contributed by atoms with Crippen LogP contribution in [0.25, 0.3) is 224 Å². The van der Waals surface area contributed by atoms with Crippen molar-refractivity contribution in [1.82, 2.24) is 74.8 Å². The number of nitrogens with zero attached hydrogens (tertiary/aromatic N) is 9. The standard InChI is InChI=1S/C24H18ClN3.C24H17IN4O2.C24H18N4O2.C23H15BrClN3.C23H14BrN5O4/c1-15-21(19-9-5-6-10-20(19)26-15)24-27-22(16-7-3-2-4-8-16)23(28-24)17-11-13-18(25)14-12-17;1-14-21(19-10-2-3-11-20(19)26-14)24-27-22(15-6-4-8-17(25)12-15)23(28-24)16-7-5-9-18(13-16)29(30)31;1-15-21(19-9-5-6-10-20(19)25-15)24-26-22(16-7-3-2-4-8-16)23(27-24)17-11-13-18(14-12-17)28(29)30;24-16-8-11-20-18(12-16)19(13-26-20)23-27-21(14-4-2-1-3-5-14)22(28-23)15-6-9-17(25)10-7-15;24-15-7-8-20-18(11-15)19(12-25-20)23-26-21(13-3-1-5-16(9-13)28(30)31)22(27-23)14-4-2-6-17(10-14)29(32)33/h2-14,26H,1H3,(H,27,28);2-13,26H,1H3,(H,27,28);2-14,25H,1H3,(H,26,27);1-13,26H,(H,27,28);1-12,25H,(H,26,27). The van der Waals surface area contributed by atoms with Crippen LogP contribution in [0.3, 0.4) is 0 Å². The van der Waals surface area contributed by atoms with E-state index in [2.05, 4.69) is 184 Å². The number of nitro benzene ring substituents is 4. The summed E-state index contributed by atoms with van der Waals surface area (Å²) in [6.07, 6.45) is 3.82. The molecule has 32 heteroatoms. The number of hydrogen-bond acceptors (Lipinski definition) is 13. The third-order valence-corrected chi connectivity index (χ3v) is 27.8. The maximum Gasteiger partial charge on any atom is 0.270 e. The van der Waals surface area contributed by atoms with Crippen LogP contribution in [0.15, 0.2) is 391 Å². The van der Waals surface area contributed by atoms with E-state index in [1.807, 2.05) is 232 Å². The maximum atomic E-state index is 11.3. The Morgan fingerprint density at radius 3 is 0.880 bits per heavy atom. The number of nitro groups is 4. The van der Waals surface area contributed by atoms with Crippen molar-refractivity contribution in [1.29, 1.82) is 0 Å². The molecule has 0 aliphatic heterocycles. The minimum absolute atomic E-state index is 0.0407. The van der Waals surface area contributed by atoms with Gasteiger partial charge in [-0.1, -0.05) is 273 Å². The van der Waals surface area contributed by atoms with E-state index in [-0.39, 0.29) is 27.7 Å². The van der Waals surface area contributed by atoms with Crippen molar-refractivity contribution in [2.75, 3.05) is 0 Å². The van der Waals surface area contributed by atoms with Crippen molar-refractivity contribution >= 4 is 155 Å². The van der Waals surface area contributed by atoms with Gasteiger partial charge < -0.3 is 49.8 Å². The molecular weight excluding hydrogens is 2170 g/mol. The maximum absolute atomic E-state index is 11.3. The molecule has 0 spiro atoms. The van der Waals surface area contributed by atoms with Crippen LogP contribution in [0.5, 0.6) is 0 Å². The van der Waals surface area contributed by atoms with Gasteiger partial charge in [0.25, 0.3) is 22.7 Å². The molecule has 150 heavy (non-hydrogen) atoms. The first-order valence-corrected chi connectivity index (χ1v) is 50.6. The fourth-order valence-electron chi connectivity index (χ4n) is 18.6. The fraction of sp³-hybridized carbons (Fsp3) is 0.0254. The topological polar surface area (TPSA) is 395 Å². The summed E-state index contributed by atoms with van der Waals surface area (Å²) in [7, 11) is 0. The first kappa shape index (κ1) is 98.0. The molecule has 10 heterocycles. The highest BCUT2D eigenvalue weighted by atomic mass is 127. The summed E-state index contributed by atoms with van der Waals surface area (Å²) >= 11 is 21.5. The zero-order valence-electron chi connectivity index (χ0n) is 79.6.